The zero-order chi connectivity index (χ0) is 19.1. The molecule has 0 spiro atoms. The first kappa shape index (κ1) is 17.0. The Bertz CT molecular complexity index is 1150. The predicted octanol–water partition coefficient (Wildman–Crippen LogP) is 7.42. The number of fused-ring (bicyclic) bond motifs is 3. The van der Waals surface area contributed by atoms with Crippen molar-refractivity contribution in [3.05, 3.63) is 118 Å². The van der Waals surface area contributed by atoms with Crippen LogP contribution in [0.1, 0.15) is 47.6 Å². The zero-order valence-electron chi connectivity index (χ0n) is 16.4. The van der Waals surface area contributed by atoms with Gasteiger partial charge >= 0.3 is 0 Å². The van der Waals surface area contributed by atoms with Crippen LogP contribution in [0.5, 0.6) is 0 Å². The van der Waals surface area contributed by atoms with Gasteiger partial charge in [-0.3, -0.25) is 0 Å². The van der Waals surface area contributed by atoms with E-state index in [1.807, 2.05) is 0 Å². The molecule has 0 radical (unpaired) electrons. The lowest BCUT2D eigenvalue weighted by atomic mass is 9.85. The zero-order valence-corrected chi connectivity index (χ0v) is 16.4. The maximum Gasteiger partial charge on any atom is 0.0281 e. The van der Waals surface area contributed by atoms with E-state index in [0.717, 1.165) is 6.42 Å². The van der Waals surface area contributed by atoms with E-state index in [-0.39, 0.29) is 0 Å². The van der Waals surface area contributed by atoms with Crippen LogP contribution >= 0.6 is 0 Å². The largest absolute Gasteiger partial charge is 0.0758 e. The van der Waals surface area contributed by atoms with Gasteiger partial charge < -0.3 is 0 Å². The van der Waals surface area contributed by atoms with Gasteiger partial charge in [0.25, 0.3) is 0 Å². The molecule has 2 aliphatic rings. The first-order valence-electron chi connectivity index (χ1n) is 10.0. The minimum atomic E-state index is 0.325. The molecule has 0 aromatic heterocycles. The van der Waals surface area contributed by atoms with Crippen molar-refractivity contribution in [2.24, 2.45) is 0 Å². The molecule has 0 heterocycles. The summed E-state index contributed by atoms with van der Waals surface area (Å²) < 4.78 is 0. The maximum absolute atomic E-state index is 2.35. The molecular weight excluding hydrogens is 336 g/mol. The normalized spacial score (nSPS) is 16.5. The highest BCUT2D eigenvalue weighted by Gasteiger charge is 2.26. The molecule has 3 aromatic carbocycles. The van der Waals surface area contributed by atoms with Crippen LogP contribution in [0.3, 0.4) is 0 Å². The molecule has 3 aromatic rings. The lowest BCUT2D eigenvalue weighted by Crippen LogP contribution is -2.01. The van der Waals surface area contributed by atoms with Crippen LogP contribution in [-0.4, -0.2) is 0 Å². The minimum Gasteiger partial charge on any atom is -0.0758 e. The Balaban J connectivity index is 1.56. The summed E-state index contributed by atoms with van der Waals surface area (Å²) in [6.07, 6.45) is 10.1. The Morgan fingerprint density at radius 1 is 0.893 bits per heavy atom. The average Bonchev–Trinajstić information content (AvgIpc) is 3.32. The first-order valence-corrected chi connectivity index (χ1v) is 10.0. The summed E-state index contributed by atoms with van der Waals surface area (Å²) in [7, 11) is 0. The number of rotatable bonds is 3. The molecule has 136 valence electrons. The van der Waals surface area contributed by atoms with Crippen LogP contribution in [0.2, 0.25) is 0 Å². The van der Waals surface area contributed by atoms with Crippen LogP contribution in [-0.2, 0) is 6.42 Å². The number of hydrogen-bond donors (Lipinski definition) is 0. The highest BCUT2D eigenvalue weighted by molar-refractivity contribution is 5.83. The minimum absolute atomic E-state index is 0.325. The summed E-state index contributed by atoms with van der Waals surface area (Å²) in [5.74, 6) is 0.325. The van der Waals surface area contributed by atoms with Gasteiger partial charge in [-0.15, -0.1) is 0 Å². The molecule has 2 aliphatic carbocycles. The van der Waals surface area contributed by atoms with Crippen molar-refractivity contribution in [3.63, 3.8) is 0 Å². The lowest BCUT2D eigenvalue weighted by Gasteiger charge is -2.19. The van der Waals surface area contributed by atoms with Crippen molar-refractivity contribution in [2.45, 2.75) is 26.2 Å². The summed E-state index contributed by atoms with van der Waals surface area (Å²) in [6, 6.07) is 24.6. The van der Waals surface area contributed by atoms with Crippen molar-refractivity contribution in [1.82, 2.24) is 0 Å². The third-order valence-corrected chi connectivity index (χ3v) is 5.81. The van der Waals surface area contributed by atoms with Crippen molar-refractivity contribution < 1.29 is 0 Å². The molecule has 0 saturated heterocycles. The van der Waals surface area contributed by atoms with E-state index in [9.17, 15) is 0 Å². The van der Waals surface area contributed by atoms with Gasteiger partial charge in [0, 0.05) is 5.92 Å². The van der Waals surface area contributed by atoms with Crippen LogP contribution in [0.25, 0.3) is 22.8 Å². The third kappa shape index (κ3) is 2.86. The fourth-order valence-corrected chi connectivity index (χ4v) is 4.64. The Kier molecular flexibility index (Phi) is 4.13. The van der Waals surface area contributed by atoms with E-state index in [1.165, 1.54) is 50.1 Å². The van der Waals surface area contributed by atoms with E-state index in [1.54, 1.807) is 0 Å². The summed E-state index contributed by atoms with van der Waals surface area (Å²) in [5.41, 5.74) is 12.5. The quantitative estimate of drug-likeness (QED) is 0.356. The van der Waals surface area contributed by atoms with Crippen molar-refractivity contribution in [3.8, 4) is 11.1 Å². The maximum atomic E-state index is 2.35. The number of benzene rings is 3. The molecular formula is C28H24. The van der Waals surface area contributed by atoms with Gasteiger partial charge in [-0.25, -0.2) is 0 Å². The number of hydrogen-bond acceptors (Lipinski definition) is 0. The Morgan fingerprint density at radius 3 is 2.61 bits per heavy atom. The van der Waals surface area contributed by atoms with Gasteiger partial charge in [-0.1, -0.05) is 90.5 Å². The molecule has 5 rings (SSSR count). The van der Waals surface area contributed by atoms with E-state index in [2.05, 4.69) is 105 Å². The predicted molar refractivity (Wildman–Crippen MR) is 120 cm³/mol. The topological polar surface area (TPSA) is 0 Å². The summed E-state index contributed by atoms with van der Waals surface area (Å²) in [5, 5.41) is 0. The molecule has 0 heteroatoms. The summed E-state index contributed by atoms with van der Waals surface area (Å²) in [6.45, 7) is 4.30. The van der Waals surface area contributed by atoms with Crippen LogP contribution < -0.4 is 0 Å². The van der Waals surface area contributed by atoms with Gasteiger partial charge in [0.15, 0.2) is 0 Å². The molecule has 0 nitrogen and oxygen atoms in total. The third-order valence-electron chi connectivity index (χ3n) is 5.81. The summed E-state index contributed by atoms with van der Waals surface area (Å²) in [4.78, 5) is 0. The molecule has 0 bridgehead atoms. The van der Waals surface area contributed by atoms with Gasteiger partial charge in [0.2, 0.25) is 0 Å². The van der Waals surface area contributed by atoms with Crippen molar-refractivity contribution >= 4 is 11.6 Å². The second-order valence-electron chi connectivity index (χ2n) is 8.04. The van der Waals surface area contributed by atoms with E-state index in [4.69, 9.17) is 0 Å². The molecule has 28 heavy (non-hydrogen) atoms. The second kappa shape index (κ2) is 6.80. The molecule has 0 amide bonds. The molecule has 0 saturated carbocycles. The van der Waals surface area contributed by atoms with Crippen LogP contribution in [0, 0.1) is 0 Å². The number of allylic oxidation sites excluding steroid dienone is 5. The highest BCUT2D eigenvalue weighted by atomic mass is 14.3. The van der Waals surface area contributed by atoms with Crippen molar-refractivity contribution in [1.29, 1.82) is 0 Å². The van der Waals surface area contributed by atoms with Gasteiger partial charge in [-0.05, 0) is 70.9 Å². The Morgan fingerprint density at radius 2 is 1.71 bits per heavy atom. The van der Waals surface area contributed by atoms with Gasteiger partial charge in [-0.2, -0.15) is 0 Å². The SMILES string of the molecule is CC(C)=Cc1cccc(C2=CC=CC2c2cccc3c2Cc2ccccc2-3)c1. The van der Waals surface area contributed by atoms with Gasteiger partial charge in [0.05, 0.1) is 0 Å². The first-order chi connectivity index (χ1) is 13.7. The van der Waals surface area contributed by atoms with Gasteiger partial charge in [0.1, 0.15) is 0 Å². The Hall–Kier alpha value is -3.12. The summed E-state index contributed by atoms with van der Waals surface area (Å²) >= 11 is 0. The highest BCUT2D eigenvalue weighted by Crippen LogP contribution is 2.45. The molecule has 0 N–H and O–H groups in total. The van der Waals surface area contributed by atoms with Crippen LogP contribution in [0.15, 0.2) is 90.5 Å². The molecule has 1 atom stereocenters. The Labute approximate surface area is 167 Å². The molecule has 1 unspecified atom stereocenters. The molecule has 0 aliphatic heterocycles. The second-order valence-corrected chi connectivity index (χ2v) is 8.04. The van der Waals surface area contributed by atoms with E-state index in [0.29, 0.717) is 5.92 Å². The standard InChI is InChI=1S/C28H24/c1-19(2)16-20-8-5-10-21(17-20)24-12-6-13-25(24)27-15-7-14-26-23-11-4-3-9-22(23)18-28(26)27/h3-17,25H,18H2,1-2H3. The van der Waals surface area contributed by atoms with Crippen molar-refractivity contribution in [2.75, 3.05) is 0 Å². The fourth-order valence-electron chi connectivity index (χ4n) is 4.64. The average molecular weight is 361 g/mol. The van der Waals surface area contributed by atoms with E-state index < -0.39 is 0 Å². The van der Waals surface area contributed by atoms with E-state index >= 15 is 0 Å². The molecule has 0 fully saturated rings. The lowest BCUT2D eigenvalue weighted by molar-refractivity contribution is 1.07. The van der Waals surface area contributed by atoms with Crippen LogP contribution in [0.4, 0.5) is 0 Å². The fraction of sp³-hybridized carbons (Fsp3) is 0.143. The monoisotopic (exact) mass is 360 g/mol. The smallest absolute Gasteiger partial charge is 0.0281 e.